The Hall–Kier alpha value is -1.82. The number of aryl methyl sites for hydroxylation is 1. The quantitative estimate of drug-likeness (QED) is 0.915. The molecular weight excluding hydrogens is 306 g/mol. The fraction of sp³-hybridized carbons (Fsp3) is 0.667. The largest absolute Gasteiger partial charge is 0.481 e. The van der Waals surface area contributed by atoms with E-state index in [1.165, 1.54) is 0 Å². The molecule has 3 heterocycles. The summed E-state index contributed by atoms with van der Waals surface area (Å²) >= 11 is 0. The fourth-order valence-electron chi connectivity index (χ4n) is 3.98. The van der Waals surface area contributed by atoms with Crippen molar-refractivity contribution in [3.8, 4) is 0 Å². The van der Waals surface area contributed by atoms with Crippen LogP contribution in [0.15, 0.2) is 12.3 Å². The van der Waals surface area contributed by atoms with E-state index in [0.29, 0.717) is 12.6 Å². The zero-order chi connectivity index (χ0) is 17.3. The molecule has 0 aromatic carbocycles. The van der Waals surface area contributed by atoms with E-state index in [9.17, 15) is 14.7 Å². The maximum Gasteiger partial charge on any atom is 0.307 e. The lowest BCUT2D eigenvalue weighted by molar-refractivity contribution is -0.144. The number of hydrogen-bond donors (Lipinski definition) is 1. The van der Waals surface area contributed by atoms with Crippen molar-refractivity contribution < 1.29 is 14.7 Å². The monoisotopic (exact) mass is 333 g/mol. The van der Waals surface area contributed by atoms with Crippen molar-refractivity contribution in [3.63, 3.8) is 0 Å². The molecule has 1 amide bonds. The predicted molar refractivity (Wildman–Crippen MR) is 91.0 cm³/mol. The first-order valence-corrected chi connectivity index (χ1v) is 8.85. The highest BCUT2D eigenvalue weighted by atomic mass is 16.4. The number of carbonyl (C=O) groups excluding carboxylic acids is 1. The third-order valence-corrected chi connectivity index (χ3v) is 5.68. The second-order valence-corrected chi connectivity index (χ2v) is 7.12. The third-order valence-electron chi connectivity index (χ3n) is 5.68. The molecule has 6 heteroatoms. The molecule has 1 N–H and O–H groups in total. The molecule has 0 saturated carbocycles. The number of likely N-dealkylation sites (tertiary alicyclic amines) is 2. The summed E-state index contributed by atoms with van der Waals surface area (Å²) in [5.74, 6) is -0.786. The highest BCUT2D eigenvalue weighted by molar-refractivity contribution is 5.95. The minimum atomic E-state index is -0.674. The molecule has 2 aliphatic rings. The Balaban J connectivity index is 1.57. The lowest BCUT2D eigenvalue weighted by Crippen LogP contribution is -2.50. The number of piperidine rings is 2. The second-order valence-electron chi connectivity index (χ2n) is 7.12. The van der Waals surface area contributed by atoms with Crippen LogP contribution in [0.1, 0.15) is 41.7 Å². The van der Waals surface area contributed by atoms with Gasteiger partial charge in [-0.1, -0.05) is 0 Å². The van der Waals surface area contributed by atoms with Crippen molar-refractivity contribution in [2.24, 2.45) is 13.0 Å². The van der Waals surface area contributed by atoms with E-state index in [4.69, 9.17) is 0 Å². The second kappa shape index (κ2) is 6.97. The first-order valence-electron chi connectivity index (χ1n) is 8.85. The summed E-state index contributed by atoms with van der Waals surface area (Å²) in [5, 5.41) is 9.24. The third kappa shape index (κ3) is 3.34. The molecule has 0 unspecified atom stereocenters. The van der Waals surface area contributed by atoms with E-state index in [1.807, 2.05) is 35.7 Å². The van der Waals surface area contributed by atoms with Crippen LogP contribution in [-0.4, -0.2) is 63.6 Å². The Labute approximate surface area is 143 Å². The summed E-state index contributed by atoms with van der Waals surface area (Å²) in [6, 6.07) is 2.30. The van der Waals surface area contributed by atoms with E-state index in [0.717, 1.165) is 56.6 Å². The van der Waals surface area contributed by atoms with Gasteiger partial charge in [0.15, 0.2) is 0 Å². The Morgan fingerprint density at radius 1 is 1.17 bits per heavy atom. The van der Waals surface area contributed by atoms with Gasteiger partial charge in [0.25, 0.3) is 5.91 Å². The summed E-state index contributed by atoms with van der Waals surface area (Å²) in [4.78, 5) is 28.2. The lowest BCUT2D eigenvalue weighted by atomic mass is 9.94. The van der Waals surface area contributed by atoms with Crippen LogP contribution in [0, 0.1) is 12.8 Å². The minimum absolute atomic E-state index is 0.119. The van der Waals surface area contributed by atoms with Gasteiger partial charge in [-0.2, -0.15) is 0 Å². The van der Waals surface area contributed by atoms with Crippen molar-refractivity contribution in [1.29, 1.82) is 0 Å². The average Bonchev–Trinajstić information content (AvgIpc) is 2.94. The van der Waals surface area contributed by atoms with Gasteiger partial charge >= 0.3 is 5.97 Å². The molecule has 2 fully saturated rings. The minimum Gasteiger partial charge on any atom is -0.481 e. The van der Waals surface area contributed by atoms with Crippen LogP contribution < -0.4 is 0 Å². The lowest BCUT2D eigenvalue weighted by Gasteiger charge is -2.41. The van der Waals surface area contributed by atoms with Gasteiger partial charge in [-0.25, -0.2) is 0 Å². The maximum atomic E-state index is 12.7. The maximum absolute atomic E-state index is 12.7. The highest BCUT2D eigenvalue weighted by Gasteiger charge is 2.32. The van der Waals surface area contributed by atoms with Crippen LogP contribution >= 0.6 is 0 Å². The van der Waals surface area contributed by atoms with E-state index in [2.05, 4.69) is 4.90 Å². The van der Waals surface area contributed by atoms with Gasteiger partial charge in [0.1, 0.15) is 0 Å². The molecule has 3 rings (SSSR count). The van der Waals surface area contributed by atoms with Crippen LogP contribution in [-0.2, 0) is 11.8 Å². The smallest absolute Gasteiger partial charge is 0.307 e. The number of amides is 1. The number of aromatic nitrogens is 1. The van der Waals surface area contributed by atoms with Crippen LogP contribution in [0.25, 0.3) is 0 Å². The van der Waals surface area contributed by atoms with Crippen molar-refractivity contribution in [2.45, 2.75) is 38.6 Å². The van der Waals surface area contributed by atoms with E-state index >= 15 is 0 Å². The molecule has 1 atom stereocenters. The Morgan fingerprint density at radius 2 is 1.88 bits per heavy atom. The number of hydrogen-bond acceptors (Lipinski definition) is 3. The molecule has 1 aromatic heterocycles. The Morgan fingerprint density at radius 3 is 2.46 bits per heavy atom. The standard InChI is InChI=1S/C18H27N3O3/c1-13-16(7-9-19(13)2)17(22)20-10-5-15(6-11-20)21-8-3-4-14(12-21)18(23)24/h7,9,14-15H,3-6,8,10-12H2,1-2H3,(H,23,24)/t14-/m0/s1. The SMILES string of the molecule is Cc1c(C(=O)N2CCC(N3CCC[C@H](C(=O)O)C3)CC2)ccn1C. The van der Waals surface area contributed by atoms with Crippen molar-refractivity contribution >= 4 is 11.9 Å². The number of carboxylic acid groups (broad SMARTS) is 1. The average molecular weight is 333 g/mol. The number of rotatable bonds is 3. The summed E-state index contributed by atoms with van der Waals surface area (Å²) in [6.07, 6.45) is 5.54. The van der Waals surface area contributed by atoms with E-state index in [-0.39, 0.29) is 11.8 Å². The first-order chi connectivity index (χ1) is 11.5. The number of carboxylic acids is 1. The molecule has 24 heavy (non-hydrogen) atoms. The zero-order valence-corrected chi connectivity index (χ0v) is 14.6. The molecular formula is C18H27N3O3. The zero-order valence-electron chi connectivity index (χ0n) is 14.6. The summed E-state index contributed by atoms with van der Waals surface area (Å²) in [5.41, 5.74) is 1.79. The Kier molecular flexibility index (Phi) is 4.94. The van der Waals surface area contributed by atoms with Gasteiger partial charge in [0.05, 0.1) is 11.5 Å². The normalized spacial score (nSPS) is 23.4. The molecule has 6 nitrogen and oxygen atoms in total. The van der Waals surface area contributed by atoms with Crippen molar-refractivity contribution in [3.05, 3.63) is 23.5 Å². The van der Waals surface area contributed by atoms with Crippen LogP contribution in [0.2, 0.25) is 0 Å². The first kappa shape index (κ1) is 17.0. The number of nitrogens with zero attached hydrogens (tertiary/aromatic N) is 3. The molecule has 0 radical (unpaired) electrons. The molecule has 2 aliphatic heterocycles. The van der Waals surface area contributed by atoms with Gasteiger partial charge in [0, 0.05) is 44.6 Å². The topological polar surface area (TPSA) is 65.8 Å². The molecule has 0 spiro atoms. The van der Waals surface area contributed by atoms with Gasteiger partial charge < -0.3 is 14.6 Å². The molecule has 0 aliphatic carbocycles. The summed E-state index contributed by atoms with van der Waals surface area (Å²) < 4.78 is 1.97. The molecule has 132 valence electrons. The van der Waals surface area contributed by atoms with Crippen LogP contribution in [0.3, 0.4) is 0 Å². The van der Waals surface area contributed by atoms with E-state index in [1.54, 1.807) is 0 Å². The van der Waals surface area contributed by atoms with Gasteiger partial charge in [0.2, 0.25) is 0 Å². The van der Waals surface area contributed by atoms with Crippen LogP contribution in [0.4, 0.5) is 0 Å². The summed E-state index contributed by atoms with van der Waals surface area (Å²) in [7, 11) is 1.95. The van der Waals surface area contributed by atoms with Gasteiger partial charge in [-0.05, 0) is 45.2 Å². The molecule has 1 aromatic rings. The van der Waals surface area contributed by atoms with Crippen molar-refractivity contribution in [1.82, 2.24) is 14.4 Å². The van der Waals surface area contributed by atoms with Gasteiger partial charge in [-0.15, -0.1) is 0 Å². The molecule has 0 bridgehead atoms. The van der Waals surface area contributed by atoms with E-state index < -0.39 is 5.97 Å². The number of aliphatic carboxylic acids is 1. The fourth-order valence-corrected chi connectivity index (χ4v) is 3.98. The van der Waals surface area contributed by atoms with Gasteiger partial charge in [-0.3, -0.25) is 14.5 Å². The summed E-state index contributed by atoms with van der Waals surface area (Å²) in [6.45, 7) is 5.13. The Bertz CT molecular complexity index is 617. The predicted octanol–water partition coefficient (Wildman–Crippen LogP) is 1.73. The van der Waals surface area contributed by atoms with Crippen LogP contribution in [0.5, 0.6) is 0 Å². The molecule has 2 saturated heterocycles. The highest BCUT2D eigenvalue weighted by Crippen LogP contribution is 2.25. The number of carbonyl (C=O) groups is 2. The van der Waals surface area contributed by atoms with Crippen molar-refractivity contribution in [2.75, 3.05) is 26.2 Å².